The molecule has 0 aliphatic carbocycles. The van der Waals surface area contributed by atoms with E-state index in [2.05, 4.69) is 15.2 Å². The Kier molecular flexibility index (Phi) is 7.25. The number of carbonyl (C=O) groups excluding carboxylic acids is 2. The number of fused-ring (bicyclic) bond motifs is 2. The monoisotopic (exact) mass is 577 g/mol. The molecule has 0 saturated carbocycles. The van der Waals surface area contributed by atoms with Crippen molar-refractivity contribution in [3.63, 3.8) is 0 Å². The number of aryl methyl sites for hydroxylation is 1. The van der Waals surface area contributed by atoms with Crippen LogP contribution in [0.25, 0.3) is 16.6 Å². The number of hydrogen-bond acceptors (Lipinski definition) is 7. The summed E-state index contributed by atoms with van der Waals surface area (Å²) in [4.78, 5) is 34.1. The number of imidazole rings is 1. The highest BCUT2D eigenvalue weighted by Crippen LogP contribution is 2.36. The van der Waals surface area contributed by atoms with Gasteiger partial charge in [0.1, 0.15) is 5.60 Å². The molecule has 0 bridgehead atoms. The van der Waals surface area contributed by atoms with E-state index in [1.165, 1.54) is 10.5 Å². The van der Waals surface area contributed by atoms with E-state index in [-0.39, 0.29) is 23.5 Å². The molecule has 42 heavy (non-hydrogen) atoms. The predicted molar refractivity (Wildman–Crippen MR) is 156 cm³/mol. The van der Waals surface area contributed by atoms with Crippen molar-refractivity contribution < 1.29 is 23.5 Å². The Labute approximate surface area is 243 Å². The molecule has 2 amide bonds. The van der Waals surface area contributed by atoms with Gasteiger partial charge in [0.2, 0.25) is 0 Å². The Hall–Kier alpha value is -4.19. The number of rotatable bonds is 4. The van der Waals surface area contributed by atoms with Crippen LogP contribution in [0.5, 0.6) is 0 Å². The van der Waals surface area contributed by atoms with E-state index in [1.54, 1.807) is 30.4 Å². The number of ether oxygens (including phenoxy) is 2. The minimum Gasteiger partial charge on any atom is -0.444 e. The summed E-state index contributed by atoms with van der Waals surface area (Å²) in [5, 5.41) is 8.57. The number of pyridine rings is 1. The maximum absolute atomic E-state index is 14.8. The lowest BCUT2D eigenvalue weighted by Gasteiger charge is -2.37. The number of nitrogens with zero attached hydrogens (tertiary/aromatic N) is 6. The highest BCUT2D eigenvalue weighted by molar-refractivity contribution is 6.10. The highest BCUT2D eigenvalue weighted by atomic mass is 19.1. The van der Waals surface area contributed by atoms with Gasteiger partial charge in [-0.05, 0) is 65.2 Å². The van der Waals surface area contributed by atoms with Crippen LogP contribution >= 0.6 is 0 Å². The van der Waals surface area contributed by atoms with Crippen LogP contribution in [-0.2, 0) is 9.47 Å². The Morgan fingerprint density at radius 2 is 1.90 bits per heavy atom. The van der Waals surface area contributed by atoms with Crippen LogP contribution in [0.2, 0.25) is 0 Å². The lowest BCUT2D eigenvalue weighted by molar-refractivity contribution is -0.0366. The Balaban J connectivity index is 1.31. The van der Waals surface area contributed by atoms with E-state index < -0.39 is 17.3 Å². The first-order chi connectivity index (χ1) is 20.1. The van der Waals surface area contributed by atoms with Gasteiger partial charge < -0.3 is 29.0 Å². The van der Waals surface area contributed by atoms with E-state index in [1.807, 2.05) is 37.6 Å². The quantitative estimate of drug-likeness (QED) is 0.358. The Bertz CT molecular complexity index is 1640. The summed E-state index contributed by atoms with van der Waals surface area (Å²) in [6, 6.07) is 5.01. The first kappa shape index (κ1) is 28.0. The molecule has 1 unspecified atom stereocenters. The van der Waals surface area contributed by atoms with Crippen molar-refractivity contribution in [1.82, 2.24) is 24.1 Å². The van der Waals surface area contributed by atoms with Gasteiger partial charge in [0.15, 0.2) is 17.7 Å². The molecular weight excluding hydrogens is 541 g/mol. The van der Waals surface area contributed by atoms with Gasteiger partial charge in [-0.25, -0.2) is 18.9 Å². The molecule has 6 rings (SSSR count). The SMILES string of the molecule is Cc1cn2cc(C(=O)Nc3ccc(N4CCN(C(=O)OC(C)(C)C)CC4)c4cnn(C5CCCCO5)c34)cc(F)c2n1. The van der Waals surface area contributed by atoms with Gasteiger partial charge in [-0.2, -0.15) is 5.10 Å². The average molecular weight is 578 g/mol. The van der Waals surface area contributed by atoms with Gasteiger partial charge in [0.05, 0.1) is 28.7 Å². The summed E-state index contributed by atoms with van der Waals surface area (Å²) in [6.45, 7) is 10.3. The van der Waals surface area contributed by atoms with Crippen molar-refractivity contribution in [2.24, 2.45) is 0 Å². The van der Waals surface area contributed by atoms with E-state index in [0.29, 0.717) is 44.2 Å². The van der Waals surface area contributed by atoms with Crippen molar-refractivity contribution in [3.05, 3.63) is 53.9 Å². The molecule has 222 valence electrons. The van der Waals surface area contributed by atoms with Crippen LogP contribution in [0, 0.1) is 12.7 Å². The maximum Gasteiger partial charge on any atom is 0.410 e. The van der Waals surface area contributed by atoms with Crippen LogP contribution in [0.4, 0.5) is 20.6 Å². The van der Waals surface area contributed by atoms with Gasteiger partial charge in [-0.3, -0.25) is 4.79 Å². The van der Waals surface area contributed by atoms with Crippen LogP contribution in [0.1, 0.15) is 62.3 Å². The molecule has 1 N–H and O–H groups in total. The first-order valence-corrected chi connectivity index (χ1v) is 14.4. The first-order valence-electron chi connectivity index (χ1n) is 14.4. The molecule has 1 atom stereocenters. The summed E-state index contributed by atoms with van der Waals surface area (Å²) in [5.74, 6) is -1.01. The van der Waals surface area contributed by atoms with Gasteiger partial charge in [0, 0.05) is 56.3 Å². The lowest BCUT2D eigenvalue weighted by atomic mass is 10.1. The van der Waals surface area contributed by atoms with E-state index in [4.69, 9.17) is 14.6 Å². The molecule has 4 aromatic rings. The molecule has 2 aliphatic heterocycles. The molecule has 0 spiro atoms. The van der Waals surface area contributed by atoms with Crippen LogP contribution in [0.3, 0.4) is 0 Å². The lowest BCUT2D eigenvalue weighted by Crippen LogP contribution is -2.50. The van der Waals surface area contributed by atoms with Crippen molar-refractivity contribution >= 4 is 39.9 Å². The fraction of sp³-hybridized carbons (Fsp3) is 0.467. The predicted octanol–water partition coefficient (Wildman–Crippen LogP) is 5.14. The highest BCUT2D eigenvalue weighted by Gasteiger charge is 2.28. The number of nitrogens with one attached hydrogen (secondary N) is 1. The normalized spacial score (nSPS) is 18.1. The Morgan fingerprint density at radius 1 is 1.12 bits per heavy atom. The third-order valence-electron chi connectivity index (χ3n) is 7.57. The summed E-state index contributed by atoms with van der Waals surface area (Å²) < 4.78 is 29.7. The van der Waals surface area contributed by atoms with Crippen LogP contribution in [-0.4, -0.2) is 74.5 Å². The molecular formula is C30H36FN7O4. The second-order valence-electron chi connectivity index (χ2n) is 11.9. The minimum atomic E-state index is -0.567. The number of piperazine rings is 1. The molecule has 12 heteroatoms. The van der Waals surface area contributed by atoms with Gasteiger partial charge >= 0.3 is 6.09 Å². The third kappa shape index (κ3) is 5.50. The van der Waals surface area contributed by atoms with Crippen molar-refractivity contribution in [2.75, 3.05) is 43.0 Å². The molecule has 1 aromatic carbocycles. The largest absolute Gasteiger partial charge is 0.444 e. The number of hydrogen-bond donors (Lipinski definition) is 1. The number of aromatic nitrogens is 4. The Morgan fingerprint density at radius 3 is 2.62 bits per heavy atom. The number of benzene rings is 1. The van der Waals surface area contributed by atoms with Gasteiger partial charge in [0.25, 0.3) is 5.91 Å². The molecule has 2 saturated heterocycles. The van der Waals surface area contributed by atoms with Crippen LogP contribution in [0.15, 0.2) is 36.8 Å². The number of carbonyl (C=O) groups is 2. The number of halogens is 1. The molecule has 5 heterocycles. The van der Waals surface area contributed by atoms with Gasteiger partial charge in [-0.15, -0.1) is 0 Å². The third-order valence-corrected chi connectivity index (χ3v) is 7.57. The standard InChI is InChI=1S/C30H36FN7O4/c1-19-17-37-18-20(15-22(31)27(37)33-19)28(39)34-23-8-9-24(21-16-32-38(26(21)23)25-7-5-6-14-41-25)35-10-12-36(13-11-35)29(40)42-30(2,3)4/h8-9,15-18,25H,5-7,10-14H2,1-4H3,(H,34,39). The van der Waals surface area contributed by atoms with Crippen molar-refractivity contribution in [3.8, 4) is 0 Å². The molecule has 11 nitrogen and oxygen atoms in total. The van der Waals surface area contributed by atoms with E-state index in [9.17, 15) is 14.0 Å². The van der Waals surface area contributed by atoms with Crippen molar-refractivity contribution in [2.45, 2.75) is 58.8 Å². The summed E-state index contributed by atoms with van der Waals surface area (Å²) in [5.41, 5.74) is 2.71. The van der Waals surface area contributed by atoms with E-state index >= 15 is 0 Å². The molecule has 0 radical (unpaired) electrons. The number of amides is 2. The second-order valence-corrected chi connectivity index (χ2v) is 11.9. The number of anilines is 2. The zero-order valence-electron chi connectivity index (χ0n) is 24.4. The summed E-state index contributed by atoms with van der Waals surface area (Å²) in [6.07, 6.45) is 7.31. The van der Waals surface area contributed by atoms with Crippen LogP contribution < -0.4 is 10.2 Å². The fourth-order valence-corrected chi connectivity index (χ4v) is 5.62. The minimum absolute atomic E-state index is 0.174. The summed E-state index contributed by atoms with van der Waals surface area (Å²) in [7, 11) is 0. The zero-order chi connectivity index (χ0) is 29.6. The van der Waals surface area contributed by atoms with E-state index in [0.717, 1.165) is 35.9 Å². The second kappa shape index (κ2) is 10.9. The molecule has 2 fully saturated rings. The fourth-order valence-electron chi connectivity index (χ4n) is 5.62. The molecule has 2 aliphatic rings. The zero-order valence-corrected chi connectivity index (χ0v) is 24.4. The topological polar surface area (TPSA) is 106 Å². The molecule has 3 aromatic heterocycles. The average Bonchev–Trinajstić information content (AvgIpc) is 3.57. The summed E-state index contributed by atoms with van der Waals surface area (Å²) >= 11 is 0. The smallest absolute Gasteiger partial charge is 0.410 e. The maximum atomic E-state index is 14.8. The van der Waals surface area contributed by atoms with Gasteiger partial charge in [-0.1, -0.05) is 0 Å². The van der Waals surface area contributed by atoms with Crippen molar-refractivity contribution in [1.29, 1.82) is 0 Å².